The smallest absolute Gasteiger partial charge is 0.216 e. The Kier molecular flexibility index (Phi) is 6.05. The van der Waals surface area contributed by atoms with E-state index in [9.17, 15) is 8.42 Å². The Bertz CT molecular complexity index is 358. The van der Waals surface area contributed by atoms with E-state index in [4.69, 9.17) is 9.47 Å². The standard InChI is InChI=1S/C11H22BrNO4S/c1-4-16-5-6-18(14,15)13-8-10(7-12)17-11(2,3)9-13/h10H,4-9H2,1-3H3. The van der Waals surface area contributed by atoms with Crippen molar-refractivity contribution in [3.8, 4) is 0 Å². The lowest BCUT2D eigenvalue weighted by molar-refractivity contribution is -0.107. The van der Waals surface area contributed by atoms with Crippen LogP contribution in [0.3, 0.4) is 0 Å². The maximum atomic E-state index is 12.2. The fourth-order valence-electron chi connectivity index (χ4n) is 1.97. The second-order valence-corrected chi connectivity index (χ2v) is 7.70. The Labute approximate surface area is 118 Å². The van der Waals surface area contributed by atoms with E-state index in [1.165, 1.54) is 4.31 Å². The van der Waals surface area contributed by atoms with Crippen LogP contribution >= 0.6 is 15.9 Å². The van der Waals surface area contributed by atoms with Crippen LogP contribution in [0.1, 0.15) is 20.8 Å². The van der Waals surface area contributed by atoms with Crippen molar-refractivity contribution in [3.05, 3.63) is 0 Å². The van der Waals surface area contributed by atoms with E-state index in [1.807, 2.05) is 20.8 Å². The molecule has 0 bridgehead atoms. The average molecular weight is 344 g/mol. The Morgan fingerprint density at radius 3 is 2.72 bits per heavy atom. The monoisotopic (exact) mass is 343 g/mol. The van der Waals surface area contributed by atoms with Crippen molar-refractivity contribution in [2.75, 3.05) is 37.4 Å². The van der Waals surface area contributed by atoms with Crippen LogP contribution in [0.15, 0.2) is 0 Å². The van der Waals surface area contributed by atoms with Crippen LogP contribution in [0.25, 0.3) is 0 Å². The molecule has 1 atom stereocenters. The molecule has 0 aliphatic carbocycles. The second kappa shape index (κ2) is 6.65. The summed E-state index contributed by atoms with van der Waals surface area (Å²) in [5.41, 5.74) is -0.449. The van der Waals surface area contributed by atoms with Crippen LogP contribution in [-0.2, 0) is 19.5 Å². The zero-order valence-electron chi connectivity index (χ0n) is 11.2. The highest BCUT2D eigenvalue weighted by atomic mass is 79.9. The van der Waals surface area contributed by atoms with Gasteiger partial charge in [0, 0.05) is 25.0 Å². The van der Waals surface area contributed by atoms with Gasteiger partial charge in [0.1, 0.15) is 0 Å². The van der Waals surface area contributed by atoms with E-state index >= 15 is 0 Å². The fraction of sp³-hybridized carbons (Fsp3) is 1.00. The third-order valence-corrected chi connectivity index (χ3v) is 5.18. The van der Waals surface area contributed by atoms with Gasteiger partial charge in [0.2, 0.25) is 10.0 Å². The molecule has 7 heteroatoms. The normalized spacial score (nSPS) is 25.2. The molecule has 0 aromatic heterocycles. The van der Waals surface area contributed by atoms with Crippen LogP contribution in [0, 0.1) is 0 Å². The molecule has 1 saturated heterocycles. The molecule has 1 rings (SSSR count). The summed E-state index contributed by atoms with van der Waals surface area (Å²) in [5, 5.41) is 0.633. The highest BCUT2D eigenvalue weighted by Crippen LogP contribution is 2.24. The largest absolute Gasteiger partial charge is 0.381 e. The fourth-order valence-corrected chi connectivity index (χ4v) is 3.80. The highest BCUT2D eigenvalue weighted by Gasteiger charge is 2.38. The Morgan fingerprint density at radius 2 is 2.17 bits per heavy atom. The van der Waals surface area contributed by atoms with Crippen molar-refractivity contribution >= 4 is 26.0 Å². The first-order valence-electron chi connectivity index (χ1n) is 6.10. The predicted octanol–water partition coefficient (Wildman–Crippen LogP) is 1.23. The number of nitrogens with zero attached hydrogens (tertiary/aromatic N) is 1. The zero-order valence-corrected chi connectivity index (χ0v) is 13.6. The summed E-state index contributed by atoms with van der Waals surface area (Å²) in [6, 6.07) is 0. The predicted molar refractivity (Wildman–Crippen MR) is 74.6 cm³/mol. The van der Waals surface area contributed by atoms with Crippen LogP contribution in [0.2, 0.25) is 0 Å². The highest BCUT2D eigenvalue weighted by molar-refractivity contribution is 9.09. The number of ether oxygens (including phenoxy) is 2. The Morgan fingerprint density at radius 1 is 1.50 bits per heavy atom. The van der Waals surface area contributed by atoms with Crippen LogP contribution in [0.4, 0.5) is 0 Å². The van der Waals surface area contributed by atoms with Gasteiger partial charge in [0.25, 0.3) is 0 Å². The van der Waals surface area contributed by atoms with Crippen LogP contribution < -0.4 is 0 Å². The van der Waals surface area contributed by atoms with E-state index in [0.717, 1.165) is 0 Å². The minimum absolute atomic E-state index is 0.0337. The van der Waals surface area contributed by atoms with Gasteiger partial charge in [-0.15, -0.1) is 0 Å². The summed E-state index contributed by atoms with van der Waals surface area (Å²) in [4.78, 5) is 0. The summed E-state index contributed by atoms with van der Waals surface area (Å²) in [5.74, 6) is 0.0337. The first-order chi connectivity index (χ1) is 8.30. The zero-order chi connectivity index (χ0) is 13.8. The minimum Gasteiger partial charge on any atom is -0.381 e. The minimum atomic E-state index is -3.26. The molecule has 108 valence electrons. The lowest BCUT2D eigenvalue weighted by Gasteiger charge is -2.41. The molecule has 0 aromatic carbocycles. The van der Waals surface area contributed by atoms with Gasteiger partial charge in [-0.2, -0.15) is 4.31 Å². The molecule has 5 nitrogen and oxygen atoms in total. The molecule has 18 heavy (non-hydrogen) atoms. The van der Waals surface area contributed by atoms with Crippen LogP contribution in [0.5, 0.6) is 0 Å². The molecule has 0 aromatic rings. The molecular weight excluding hydrogens is 322 g/mol. The Balaban J connectivity index is 2.68. The van der Waals surface area contributed by atoms with Gasteiger partial charge < -0.3 is 9.47 Å². The van der Waals surface area contributed by atoms with Gasteiger partial charge in [-0.05, 0) is 20.8 Å². The number of alkyl halides is 1. The molecule has 1 aliphatic rings. The van der Waals surface area contributed by atoms with E-state index in [1.54, 1.807) is 0 Å². The van der Waals surface area contributed by atoms with Crippen molar-refractivity contribution < 1.29 is 17.9 Å². The number of rotatable bonds is 6. The average Bonchev–Trinajstić information content (AvgIpc) is 2.27. The van der Waals surface area contributed by atoms with Gasteiger partial charge in [0.05, 0.1) is 24.1 Å². The topological polar surface area (TPSA) is 55.8 Å². The van der Waals surface area contributed by atoms with Gasteiger partial charge in [-0.1, -0.05) is 15.9 Å². The summed E-state index contributed by atoms with van der Waals surface area (Å²) in [7, 11) is -3.26. The van der Waals surface area contributed by atoms with E-state index in [2.05, 4.69) is 15.9 Å². The molecular formula is C11H22BrNO4S. The lowest BCUT2D eigenvalue weighted by Crippen LogP contribution is -2.55. The van der Waals surface area contributed by atoms with Gasteiger partial charge in [-0.3, -0.25) is 0 Å². The molecule has 0 spiro atoms. The third kappa shape index (κ3) is 4.77. The number of hydrogen-bond acceptors (Lipinski definition) is 4. The van der Waals surface area contributed by atoms with Crippen molar-refractivity contribution in [1.82, 2.24) is 4.31 Å². The van der Waals surface area contributed by atoms with Crippen molar-refractivity contribution in [2.45, 2.75) is 32.5 Å². The first-order valence-corrected chi connectivity index (χ1v) is 8.83. The second-order valence-electron chi connectivity index (χ2n) is 4.96. The molecule has 0 N–H and O–H groups in total. The number of hydrogen-bond donors (Lipinski definition) is 0. The summed E-state index contributed by atoms with van der Waals surface area (Å²) in [6.07, 6.45) is -0.101. The summed E-state index contributed by atoms with van der Waals surface area (Å²) in [6.45, 7) is 7.25. The number of sulfonamides is 1. The molecule has 0 radical (unpaired) electrons. The molecule has 0 amide bonds. The van der Waals surface area contributed by atoms with Crippen molar-refractivity contribution in [2.24, 2.45) is 0 Å². The molecule has 1 aliphatic heterocycles. The number of morpholine rings is 1. The molecule has 0 saturated carbocycles. The SMILES string of the molecule is CCOCCS(=O)(=O)N1CC(CBr)OC(C)(C)C1. The maximum Gasteiger partial charge on any atom is 0.216 e. The van der Waals surface area contributed by atoms with Gasteiger partial charge in [-0.25, -0.2) is 8.42 Å². The van der Waals surface area contributed by atoms with Gasteiger partial charge >= 0.3 is 0 Å². The molecule has 1 fully saturated rings. The van der Waals surface area contributed by atoms with Crippen molar-refractivity contribution in [1.29, 1.82) is 0 Å². The molecule has 1 unspecified atom stereocenters. The Hall–Kier alpha value is 0.310. The summed E-state index contributed by atoms with van der Waals surface area (Å²) >= 11 is 3.35. The van der Waals surface area contributed by atoms with E-state index in [0.29, 0.717) is 25.0 Å². The van der Waals surface area contributed by atoms with Crippen molar-refractivity contribution in [3.63, 3.8) is 0 Å². The van der Waals surface area contributed by atoms with Gasteiger partial charge in [0.15, 0.2) is 0 Å². The third-order valence-electron chi connectivity index (χ3n) is 2.71. The molecule has 1 heterocycles. The lowest BCUT2D eigenvalue weighted by atomic mass is 10.1. The summed E-state index contributed by atoms with van der Waals surface area (Å²) < 4.78 is 36.8. The van der Waals surface area contributed by atoms with Crippen LogP contribution in [-0.4, -0.2) is 61.8 Å². The van der Waals surface area contributed by atoms with E-state index < -0.39 is 15.6 Å². The van der Waals surface area contributed by atoms with E-state index in [-0.39, 0.29) is 18.5 Å². The quantitative estimate of drug-likeness (QED) is 0.537. The number of halogens is 1. The maximum absolute atomic E-state index is 12.2. The first kappa shape index (κ1) is 16.4.